The van der Waals surface area contributed by atoms with Crippen LogP contribution in [0.4, 0.5) is 0 Å². The largest absolute Gasteiger partial charge is 0.546 e. The third kappa shape index (κ3) is 4.19. The van der Waals surface area contributed by atoms with Crippen LogP contribution in [0.1, 0.15) is 94.4 Å². The van der Waals surface area contributed by atoms with Crippen molar-refractivity contribution in [2.45, 2.75) is 117 Å². The number of fused-ring (bicyclic) bond motifs is 3. The number of allylic oxidation sites excluding steroid dienone is 5. The van der Waals surface area contributed by atoms with E-state index in [4.69, 9.17) is 9.16 Å². The van der Waals surface area contributed by atoms with Crippen molar-refractivity contribution in [3.05, 3.63) is 36.1 Å². The van der Waals surface area contributed by atoms with E-state index in [1.807, 2.05) is 0 Å². The Balaban J connectivity index is 1.95. The zero-order chi connectivity index (χ0) is 24.8. The van der Waals surface area contributed by atoms with Crippen LogP contribution in [0.2, 0.25) is 16.6 Å². The molecule has 3 nitrogen and oxygen atoms in total. The SMILES string of the molecule is C=C[C@]12CC=C(O[Si](C(C)C)(C(C)C)C(C)C)C[C@]1(C)[C@@H]1[C@H](C2)OC(=O)[C@@H]1CCC=C(C)C. The van der Waals surface area contributed by atoms with Crippen LogP contribution in [-0.2, 0) is 14.0 Å². The molecule has 2 fully saturated rings. The number of hydrogen-bond acceptors (Lipinski definition) is 3. The van der Waals surface area contributed by atoms with Gasteiger partial charge in [-0.15, -0.1) is 6.58 Å². The molecule has 0 aromatic heterocycles. The van der Waals surface area contributed by atoms with E-state index in [1.165, 1.54) is 11.3 Å². The van der Waals surface area contributed by atoms with Crippen LogP contribution in [0.15, 0.2) is 36.1 Å². The summed E-state index contributed by atoms with van der Waals surface area (Å²) in [5.41, 5.74) is 2.84. The van der Waals surface area contributed by atoms with Gasteiger partial charge < -0.3 is 9.16 Å². The second kappa shape index (κ2) is 9.39. The van der Waals surface area contributed by atoms with Gasteiger partial charge >= 0.3 is 5.97 Å². The number of rotatable bonds is 9. The third-order valence-corrected chi connectivity index (χ3v) is 15.5. The van der Waals surface area contributed by atoms with E-state index in [0.29, 0.717) is 16.6 Å². The van der Waals surface area contributed by atoms with Crippen molar-refractivity contribution in [2.24, 2.45) is 22.7 Å². The molecule has 4 heteroatoms. The average Bonchev–Trinajstić information content (AvgIpc) is 3.14. The second-order valence-corrected chi connectivity index (χ2v) is 17.8. The fourth-order valence-electron chi connectivity index (χ4n) is 7.91. The van der Waals surface area contributed by atoms with Crippen molar-refractivity contribution >= 4 is 14.3 Å². The average molecular weight is 473 g/mol. The number of hydrogen-bond donors (Lipinski definition) is 0. The Morgan fingerprint density at radius 1 is 1.21 bits per heavy atom. The van der Waals surface area contributed by atoms with Gasteiger partial charge in [0.2, 0.25) is 0 Å². The smallest absolute Gasteiger partial charge is 0.309 e. The number of carbonyl (C=O) groups is 1. The van der Waals surface area contributed by atoms with Crippen LogP contribution in [0.25, 0.3) is 0 Å². The zero-order valence-corrected chi connectivity index (χ0v) is 23.7. The summed E-state index contributed by atoms with van der Waals surface area (Å²) in [6, 6.07) is 0. The molecule has 3 aliphatic rings. The molecule has 1 aliphatic heterocycles. The first-order valence-corrected chi connectivity index (χ1v) is 15.3. The number of esters is 1. The Kier molecular flexibility index (Phi) is 7.49. The summed E-state index contributed by atoms with van der Waals surface area (Å²) >= 11 is 0. The standard InChI is InChI=1S/C29H48O3Si/c1-11-29-16-15-23(32-33(20(4)5,21(6)7)22(8)9)17-28(29,10)26-24(14-12-13-19(2)3)27(30)31-25(26)18-29/h11,13,15,20-22,24-26H,1,12,14,16-18H2,2-10H3/t24-,25+,26+,28-,29-/m1/s1. The highest BCUT2D eigenvalue weighted by molar-refractivity contribution is 6.77. The molecular formula is C29H48O3Si. The van der Waals surface area contributed by atoms with Gasteiger partial charge in [-0.1, -0.05) is 66.2 Å². The van der Waals surface area contributed by atoms with E-state index in [0.717, 1.165) is 32.1 Å². The zero-order valence-electron chi connectivity index (χ0n) is 22.7. The summed E-state index contributed by atoms with van der Waals surface area (Å²) in [5, 5.41) is 0. The lowest BCUT2D eigenvalue weighted by Gasteiger charge is -2.51. The van der Waals surface area contributed by atoms with Crippen LogP contribution in [0.5, 0.6) is 0 Å². The highest BCUT2D eigenvalue weighted by Crippen LogP contribution is 2.68. The molecule has 3 rings (SSSR count). The summed E-state index contributed by atoms with van der Waals surface area (Å²) in [6.45, 7) is 25.0. The molecule has 0 N–H and O–H groups in total. The molecule has 0 aromatic carbocycles. The molecule has 0 radical (unpaired) electrons. The van der Waals surface area contributed by atoms with Gasteiger partial charge in [0, 0.05) is 17.8 Å². The van der Waals surface area contributed by atoms with Crippen molar-refractivity contribution in [1.82, 2.24) is 0 Å². The summed E-state index contributed by atoms with van der Waals surface area (Å²) in [4.78, 5) is 12.9. The topological polar surface area (TPSA) is 35.5 Å². The Morgan fingerprint density at radius 2 is 1.82 bits per heavy atom. The molecule has 33 heavy (non-hydrogen) atoms. The van der Waals surface area contributed by atoms with Crippen LogP contribution in [0, 0.1) is 22.7 Å². The lowest BCUT2D eigenvalue weighted by Crippen LogP contribution is -2.49. The van der Waals surface area contributed by atoms with E-state index >= 15 is 0 Å². The molecule has 186 valence electrons. The van der Waals surface area contributed by atoms with Gasteiger partial charge in [0.25, 0.3) is 8.32 Å². The minimum absolute atomic E-state index is 0.00671. The van der Waals surface area contributed by atoms with Gasteiger partial charge in [0.15, 0.2) is 0 Å². The Labute approximate surface area is 204 Å². The Morgan fingerprint density at radius 3 is 2.33 bits per heavy atom. The first-order chi connectivity index (χ1) is 15.3. The van der Waals surface area contributed by atoms with E-state index in [9.17, 15) is 4.79 Å². The van der Waals surface area contributed by atoms with E-state index in [1.54, 1.807) is 0 Å². The molecule has 0 bridgehead atoms. The predicted molar refractivity (Wildman–Crippen MR) is 140 cm³/mol. The molecule has 0 aromatic rings. The van der Waals surface area contributed by atoms with Crippen molar-refractivity contribution in [2.75, 3.05) is 0 Å². The van der Waals surface area contributed by atoms with Crippen molar-refractivity contribution < 1.29 is 14.0 Å². The monoisotopic (exact) mass is 472 g/mol. The molecule has 1 saturated carbocycles. The fraction of sp³-hybridized carbons (Fsp3) is 0.759. The van der Waals surface area contributed by atoms with E-state index in [-0.39, 0.29) is 34.7 Å². The van der Waals surface area contributed by atoms with Gasteiger partial charge in [0.05, 0.1) is 11.7 Å². The highest BCUT2D eigenvalue weighted by atomic mass is 28.4. The maximum Gasteiger partial charge on any atom is 0.309 e. The van der Waals surface area contributed by atoms with Gasteiger partial charge in [-0.25, -0.2) is 0 Å². The van der Waals surface area contributed by atoms with E-state index < -0.39 is 8.32 Å². The number of ether oxygens (including phenoxy) is 1. The van der Waals surface area contributed by atoms with Gasteiger partial charge in [-0.3, -0.25) is 4.79 Å². The minimum Gasteiger partial charge on any atom is -0.546 e. The lowest BCUT2D eigenvalue weighted by molar-refractivity contribution is -0.145. The Bertz CT molecular complexity index is 797. The molecule has 5 atom stereocenters. The first-order valence-electron chi connectivity index (χ1n) is 13.2. The Hall–Kier alpha value is -1.29. The third-order valence-electron chi connectivity index (χ3n) is 9.51. The van der Waals surface area contributed by atoms with E-state index in [2.05, 4.69) is 87.1 Å². The van der Waals surface area contributed by atoms with Crippen molar-refractivity contribution in [3.63, 3.8) is 0 Å². The fourth-order valence-corrected chi connectivity index (χ4v) is 13.2. The van der Waals surface area contributed by atoms with Crippen molar-refractivity contribution in [3.8, 4) is 0 Å². The molecule has 0 unspecified atom stereocenters. The summed E-state index contributed by atoms with van der Waals surface area (Å²) < 4.78 is 13.2. The van der Waals surface area contributed by atoms with Gasteiger partial charge in [-0.2, -0.15) is 0 Å². The molecule has 0 spiro atoms. The molecule has 1 heterocycles. The van der Waals surface area contributed by atoms with Crippen LogP contribution in [-0.4, -0.2) is 20.4 Å². The van der Waals surface area contributed by atoms with Crippen LogP contribution < -0.4 is 0 Å². The van der Waals surface area contributed by atoms with Crippen LogP contribution >= 0.6 is 0 Å². The maximum absolute atomic E-state index is 12.9. The lowest BCUT2D eigenvalue weighted by atomic mass is 9.55. The van der Waals surface area contributed by atoms with Crippen LogP contribution in [0.3, 0.4) is 0 Å². The van der Waals surface area contributed by atoms with Crippen molar-refractivity contribution in [1.29, 1.82) is 0 Å². The molecule has 2 aliphatic carbocycles. The quantitative estimate of drug-likeness (QED) is 0.192. The summed E-state index contributed by atoms with van der Waals surface area (Å²) in [7, 11) is -2.02. The predicted octanol–water partition coefficient (Wildman–Crippen LogP) is 8.34. The number of carbonyl (C=O) groups excluding carboxylic acids is 1. The molecule has 1 saturated heterocycles. The highest BCUT2D eigenvalue weighted by Gasteiger charge is 2.67. The maximum atomic E-state index is 12.9. The normalized spacial score (nSPS) is 33.6. The molecule has 0 amide bonds. The second-order valence-electron chi connectivity index (χ2n) is 12.4. The molecular weight excluding hydrogens is 424 g/mol. The minimum atomic E-state index is -2.02. The van der Waals surface area contributed by atoms with Gasteiger partial charge in [-0.05, 0) is 67.6 Å². The first kappa shape index (κ1) is 26.3. The van der Waals surface area contributed by atoms with Gasteiger partial charge in [0.1, 0.15) is 6.10 Å². The summed E-state index contributed by atoms with van der Waals surface area (Å²) in [5.74, 6) is 1.38. The summed E-state index contributed by atoms with van der Waals surface area (Å²) in [6.07, 6.45) is 11.3.